The Morgan fingerprint density at radius 3 is 2.00 bits per heavy atom. The van der Waals surface area contributed by atoms with Gasteiger partial charge in [0.05, 0.1) is 16.9 Å². The first-order valence-electron chi connectivity index (χ1n) is 20.7. The van der Waals surface area contributed by atoms with E-state index in [-0.39, 0.29) is 23.6 Å². The highest BCUT2D eigenvalue weighted by atomic mass is 16.3. The van der Waals surface area contributed by atoms with Crippen molar-refractivity contribution in [2.24, 2.45) is 0 Å². The van der Waals surface area contributed by atoms with Crippen LogP contribution >= 0.6 is 0 Å². The molecule has 0 amide bonds. The summed E-state index contributed by atoms with van der Waals surface area (Å²) in [6.07, 6.45) is 7.98. The van der Waals surface area contributed by atoms with Gasteiger partial charge in [0.15, 0.2) is 0 Å². The predicted octanol–water partition coefficient (Wildman–Crippen LogP) is 11.7. The summed E-state index contributed by atoms with van der Waals surface area (Å²) in [5.74, 6) is 1.03. The fourth-order valence-electron chi connectivity index (χ4n) is 8.52. The van der Waals surface area contributed by atoms with E-state index >= 15 is 0 Å². The molecular weight excluding hydrogens is 707 g/mol. The van der Waals surface area contributed by atoms with Crippen molar-refractivity contribution >= 4 is 34.4 Å². The Balaban J connectivity index is 1.43. The molecule has 0 radical (unpaired) electrons. The third-order valence-electron chi connectivity index (χ3n) is 11.6. The lowest BCUT2D eigenvalue weighted by Gasteiger charge is -2.28. The molecule has 0 saturated heterocycles. The molecule has 8 aromatic rings. The second-order valence-corrected chi connectivity index (χ2v) is 18.5. The van der Waals surface area contributed by atoms with Crippen LogP contribution in [0.15, 0.2) is 134 Å². The average molecular weight is 763 g/mol. The number of benzene rings is 5. The lowest BCUT2D eigenvalue weighted by molar-refractivity contribution is -0.513. The Hall–Kier alpha value is -5.88. The molecule has 0 aliphatic carbocycles. The third kappa shape index (κ3) is 6.93. The predicted molar refractivity (Wildman–Crippen MR) is 243 cm³/mol. The molecule has 0 atom stereocenters. The number of phenols is 1. The first kappa shape index (κ1) is 39.0. The Kier molecular flexibility index (Phi) is 9.95. The van der Waals surface area contributed by atoms with Crippen LogP contribution < -0.4 is 9.94 Å². The molecule has 8 rings (SSSR count). The smallest absolute Gasteiger partial charge is 0.513 e. The Morgan fingerprint density at radius 1 is 0.690 bits per heavy atom. The van der Waals surface area contributed by atoms with Crippen molar-refractivity contribution in [1.82, 2.24) is 14.0 Å². The zero-order valence-corrected chi connectivity index (χ0v) is 35.7. The second kappa shape index (κ2) is 14.8. The number of imidazole rings is 1. The highest BCUT2D eigenvalue weighted by Crippen LogP contribution is 2.42. The molecule has 0 spiro atoms. The monoisotopic (exact) mass is 762 g/mol. The number of fused-ring (bicyclic) bond motifs is 2. The number of aromatic hydroxyl groups is 1. The van der Waals surface area contributed by atoms with Gasteiger partial charge >= 0.3 is 6.98 Å². The standard InChI is InChI=1S/C52H55BN4O/c1-34(2)39-21-18-22-40(35(3)4)49(39)36-26-27-45-41(29-36)42(44-23-16-17-28-54-44)32-56(45)53(38-19-12-11-13-20-38)57-33-55(46-24-14-15-25-47(46)57)48-31-37(51(5,6)7)30-43(50(48)58)52(8,9)10/h11-32,34-35,58H,1-10H3. The minimum atomic E-state index is -0.331. The van der Waals surface area contributed by atoms with Crippen molar-refractivity contribution in [2.75, 3.05) is 0 Å². The molecule has 5 aromatic carbocycles. The summed E-state index contributed by atoms with van der Waals surface area (Å²) in [5, 5.41) is 13.3. The lowest BCUT2D eigenvalue weighted by Crippen LogP contribution is -2.63. The quantitative estimate of drug-likeness (QED) is 0.124. The molecule has 292 valence electrons. The molecule has 5 nitrogen and oxygen atoms in total. The van der Waals surface area contributed by atoms with Gasteiger partial charge in [0.25, 0.3) is 0 Å². The summed E-state index contributed by atoms with van der Waals surface area (Å²) >= 11 is 0. The molecule has 0 unspecified atom stereocenters. The maximum absolute atomic E-state index is 12.1. The van der Waals surface area contributed by atoms with E-state index < -0.39 is 0 Å². The first-order chi connectivity index (χ1) is 27.6. The van der Waals surface area contributed by atoms with Gasteiger partial charge in [0, 0.05) is 34.4 Å². The number of para-hydroxylation sites is 2. The largest absolute Gasteiger partial charge is 0.523 e. The molecule has 58 heavy (non-hydrogen) atoms. The van der Waals surface area contributed by atoms with E-state index in [0.29, 0.717) is 11.8 Å². The fraction of sp³-hybridized carbons (Fsp3) is 0.269. The van der Waals surface area contributed by atoms with E-state index in [1.807, 2.05) is 12.3 Å². The van der Waals surface area contributed by atoms with Crippen LogP contribution in [0.4, 0.5) is 0 Å². The van der Waals surface area contributed by atoms with Crippen molar-refractivity contribution in [1.29, 1.82) is 0 Å². The number of pyridine rings is 1. The number of rotatable bonds is 8. The van der Waals surface area contributed by atoms with Gasteiger partial charge in [-0.1, -0.05) is 166 Å². The topological polar surface area (TPSA) is 46.9 Å². The molecular formula is C52H55BN4O. The average Bonchev–Trinajstić information content (AvgIpc) is 3.76. The van der Waals surface area contributed by atoms with Gasteiger partial charge in [-0.3, -0.25) is 4.98 Å². The zero-order chi connectivity index (χ0) is 41.1. The van der Waals surface area contributed by atoms with Gasteiger partial charge in [-0.2, -0.15) is 0 Å². The van der Waals surface area contributed by atoms with E-state index in [1.54, 1.807) is 0 Å². The molecule has 0 bridgehead atoms. The molecule has 0 saturated carbocycles. The third-order valence-corrected chi connectivity index (χ3v) is 11.6. The first-order valence-corrected chi connectivity index (χ1v) is 20.7. The van der Waals surface area contributed by atoms with Gasteiger partial charge < -0.3 is 18.6 Å². The van der Waals surface area contributed by atoms with E-state index in [0.717, 1.165) is 55.5 Å². The van der Waals surface area contributed by atoms with Gasteiger partial charge in [0.2, 0.25) is 6.33 Å². The maximum atomic E-state index is 12.1. The number of hydrogen-bond acceptors (Lipinski definition) is 2. The summed E-state index contributed by atoms with van der Waals surface area (Å²) in [4.78, 5) is 4.91. The summed E-state index contributed by atoms with van der Waals surface area (Å²) in [6.45, 7) is 22.0. The SMILES string of the molecule is CC(C)c1cccc(C(C)C)c1-c1ccc2c(c1)c(-c1ccccn1)cn2B(c1ccccc1)[n+]1[c-]n(-c2cc(C(C)(C)C)cc(C(C)(C)C)c2O)c2ccccc21. The van der Waals surface area contributed by atoms with Gasteiger partial charge in [-0.05, 0) is 85.8 Å². The Labute approximate surface area is 344 Å². The summed E-state index contributed by atoms with van der Waals surface area (Å²) in [6, 6.07) is 43.3. The van der Waals surface area contributed by atoms with Crippen LogP contribution in [0.5, 0.6) is 5.75 Å². The van der Waals surface area contributed by atoms with Gasteiger partial charge in [0.1, 0.15) is 5.75 Å². The molecule has 0 aliphatic rings. The van der Waals surface area contributed by atoms with E-state index in [9.17, 15) is 5.11 Å². The van der Waals surface area contributed by atoms with Crippen LogP contribution in [0.25, 0.3) is 50.0 Å². The summed E-state index contributed by atoms with van der Waals surface area (Å²) < 4.78 is 6.69. The van der Waals surface area contributed by atoms with E-state index in [4.69, 9.17) is 4.98 Å². The number of hydrogen-bond donors (Lipinski definition) is 1. The molecule has 3 aromatic heterocycles. The maximum Gasteiger partial charge on any atom is 0.523 e. The highest BCUT2D eigenvalue weighted by Gasteiger charge is 2.34. The van der Waals surface area contributed by atoms with Crippen LogP contribution in [0.2, 0.25) is 0 Å². The number of aromatic nitrogens is 4. The minimum absolute atomic E-state index is 0.135. The number of nitrogens with zero attached hydrogens (tertiary/aromatic N) is 4. The fourth-order valence-corrected chi connectivity index (χ4v) is 8.52. The van der Waals surface area contributed by atoms with Crippen molar-refractivity contribution < 1.29 is 9.58 Å². The van der Waals surface area contributed by atoms with Gasteiger partial charge in [-0.15, -0.1) is 0 Å². The Bertz CT molecular complexity index is 2740. The normalized spacial score (nSPS) is 12.3. The van der Waals surface area contributed by atoms with Crippen LogP contribution in [0.1, 0.15) is 103 Å². The van der Waals surface area contributed by atoms with Crippen molar-refractivity contribution in [3.63, 3.8) is 0 Å². The highest BCUT2D eigenvalue weighted by molar-refractivity contribution is 6.65. The van der Waals surface area contributed by atoms with E-state index in [1.165, 1.54) is 22.3 Å². The second-order valence-electron chi connectivity index (χ2n) is 18.5. The molecule has 0 fully saturated rings. The summed E-state index contributed by atoms with van der Waals surface area (Å²) in [5.41, 5.74) is 13.8. The molecule has 3 heterocycles. The van der Waals surface area contributed by atoms with E-state index in [2.05, 4.69) is 211 Å². The van der Waals surface area contributed by atoms with Crippen LogP contribution in [-0.4, -0.2) is 26.1 Å². The van der Waals surface area contributed by atoms with Crippen LogP contribution in [-0.2, 0) is 10.8 Å². The van der Waals surface area contributed by atoms with Crippen molar-refractivity contribution in [3.8, 4) is 33.8 Å². The van der Waals surface area contributed by atoms with Gasteiger partial charge in [-0.25, -0.2) is 0 Å². The number of phenolic OH excluding ortho intramolecular Hbond substituents is 1. The van der Waals surface area contributed by atoms with Crippen LogP contribution in [0, 0.1) is 6.33 Å². The summed E-state index contributed by atoms with van der Waals surface area (Å²) in [7, 11) is 0. The minimum Gasteiger partial charge on any atom is -0.513 e. The van der Waals surface area contributed by atoms with Crippen molar-refractivity contribution in [2.45, 2.75) is 91.9 Å². The molecule has 0 aliphatic heterocycles. The van der Waals surface area contributed by atoms with Crippen LogP contribution in [0.3, 0.4) is 0 Å². The Morgan fingerprint density at radius 2 is 1.36 bits per heavy atom. The molecule has 1 N–H and O–H groups in total. The zero-order valence-electron chi connectivity index (χ0n) is 35.7. The lowest BCUT2D eigenvalue weighted by atomic mass is 9.67. The molecule has 6 heteroatoms. The van der Waals surface area contributed by atoms with Crippen molar-refractivity contribution in [3.05, 3.63) is 162 Å².